The van der Waals surface area contributed by atoms with Crippen molar-refractivity contribution in [1.82, 2.24) is 4.90 Å². The number of aryl methyl sites for hydroxylation is 2. The van der Waals surface area contributed by atoms with E-state index in [9.17, 15) is 13.2 Å². The van der Waals surface area contributed by atoms with E-state index in [1.807, 2.05) is 38.1 Å². The molecule has 3 aromatic carbocycles. The van der Waals surface area contributed by atoms with Gasteiger partial charge in [0, 0.05) is 23.3 Å². The molecule has 3 aliphatic carbocycles. The van der Waals surface area contributed by atoms with Crippen molar-refractivity contribution in [2.45, 2.75) is 78.8 Å². The number of rotatable bonds is 6. The van der Waals surface area contributed by atoms with Gasteiger partial charge < -0.3 is 4.74 Å². The summed E-state index contributed by atoms with van der Waals surface area (Å²) >= 11 is 0. The van der Waals surface area contributed by atoms with E-state index in [-0.39, 0.29) is 28.7 Å². The Bertz CT molecular complexity index is 1960. The maximum atomic E-state index is 15.1. The van der Waals surface area contributed by atoms with Crippen molar-refractivity contribution in [2.75, 3.05) is 24.5 Å². The van der Waals surface area contributed by atoms with Gasteiger partial charge in [-0.25, -0.2) is 8.42 Å². The molecule has 0 aromatic heterocycles. The molecule has 3 saturated carbocycles. The maximum absolute atomic E-state index is 15.1. The number of ether oxygens (including phenoxy) is 1. The van der Waals surface area contributed by atoms with Gasteiger partial charge in [-0.2, -0.15) is 8.42 Å². The summed E-state index contributed by atoms with van der Waals surface area (Å²) in [6.45, 7) is 5.32. The highest BCUT2D eigenvalue weighted by molar-refractivity contribution is 7.93. The van der Waals surface area contributed by atoms with Crippen LogP contribution in [0.25, 0.3) is 0 Å². The quantitative estimate of drug-likeness (QED) is 0.276. The molecule has 6 atom stereocenters. The van der Waals surface area contributed by atoms with Gasteiger partial charge in [0.2, 0.25) is 0 Å². The summed E-state index contributed by atoms with van der Waals surface area (Å²) in [4.78, 5) is 16.7. The van der Waals surface area contributed by atoms with Crippen LogP contribution in [-0.4, -0.2) is 65.6 Å². The smallest absolute Gasteiger partial charge is 0.311 e. The summed E-state index contributed by atoms with van der Waals surface area (Å²) in [5, 5.41) is 0. The molecular formula is C35H38N2O7S2. The van der Waals surface area contributed by atoms with Gasteiger partial charge >= 0.3 is 5.97 Å². The van der Waals surface area contributed by atoms with Crippen LogP contribution in [0.2, 0.25) is 0 Å². The lowest BCUT2D eigenvalue weighted by Gasteiger charge is -2.71. The van der Waals surface area contributed by atoms with Crippen molar-refractivity contribution in [2.24, 2.45) is 11.3 Å². The fourth-order valence-electron chi connectivity index (χ4n) is 10.3. The van der Waals surface area contributed by atoms with E-state index < -0.39 is 54.5 Å². The molecule has 5 fully saturated rings. The number of para-hydroxylation sites is 1. The average Bonchev–Trinajstić information content (AvgIpc) is 3.57. The fraction of sp³-hybridized carbons (Fsp3) is 0.457. The van der Waals surface area contributed by atoms with Crippen LogP contribution in [0.5, 0.6) is 0 Å². The van der Waals surface area contributed by atoms with Gasteiger partial charge in [0.15, 0.2) is 0 Å². The van der Waals surface area contributed by atoms with Crippen LogP contribution in [0.15, 0.2) is 82.6 Å². The molecule has 11 heteroatoms. The fourth-order valence-corrected chi connectivity index (χ4v) is 13.4. The lowest BCUT2D eigenvalue weighted by molar-refractivity contribution is -0.200. The van der Waals surface area contributed by atoms with Gasteiger partial charge in [0.05, 0.1) is 40.1 Å². The third-order valence-corrected chi connectivity index (χ3v) is 15.1. The van der Waals surface area contributed by atoms with Gasteiger partial charge in [0.1, 0.15) is 0 Å². The molecular weight excluding hydrogens is 625 g/mol. The van der Waals surface area contributed by atoms with E-state index in [0.717, 1.165) is 29.7 Å². The molecule has 2 saturated heterocycles. The number of hydrogen-bond acceptors (Lipinski definition) is 8. The van der Waals surface area contributed by atoms with Crippen LogP contribution in [0, 0.1) is 25.2 Å². The second-order valence-electron chi connectivity index (χ2n) is 13.9. The molecule has 0 amide bonds. The van der Waals surface area contributed by atoms with Gasteiger partial charge in [-0.1, -0.05) is 53.6 Å². The molecule has 242 valence electrons. The van der Waals surface area contributed by atoms with E-state index in [1.165, 1.54) is 11.4 Å². The predicted molar refractivity (Wildman–Crippen MR) is 171 cm³/mol. The minimum Gasteiger partial charge on any atom is -0.469 e. The molecule has 3 spiro atoms. The Kier molecular flexibility index (Phi) is 6.47. The second kappa shape index (κ2) is 9.88. The van der Waals surface area contributed by atoms with Crippen molar-refractivity contribution >= 4 is 31.8 Å². The highest BCUT2D eigenvalue weighted by atomic mass is 32.2. The number of nitrogens with zero attached hydrogens (tertiary/aromatic N) is 2. The molecule has 0 radical (unpaired) electrons. The lowest BCUT2D eigenvalue weighted by Crippen LogP contribution is -2.83. The molecule has 3 aromatic rings. The lowest BCUT2D eigenvalue weighted by atomic mass is 9.38. The zero-order valence-electron chi connectivity index (χ0n) is 26.2. The third kappa shape index (κ3) is 3.65. The Morgan fingerprint density at radius 2 is 1.48 bits per heavy atom. The van der Waals surface area contributed by atoms with Crippen LogP contribution in [0.3, 0.4) is 0 Å². The third-order valence-electron chi connectivity index (χ3n) is 11.9. The Balaban J connectivity index is 1.40. The Hall–Kier alpha value is -3.25. The number of esters is 1. The topological polar surface area (TPSA) is 110 Å². The van der Waals surface area contributed by atoms with Crippen molar-refractivity contribution < 1.29 is 30.6 Å². The molecule has 9 nitrogen and oxygen atoms in total. The molecule has 3 aliphatic heterocycles. The number of anilines is 1. The molecule has 46 heavy (non-hydrogen) atoms. The number of methoxy groups -OCH3 is 1. The number of piperidine rings is 1. The predicted octanol–water partition coefficient (Wildman–Crippen LogP) is 4.71. The molecule has 9 rings (SSSR count). The zero-order chi connectivity index (χ0) is 32.3. The van der Waals surface area contributed by atoms with E-state index >= 15 is 8.42 Å². The van der Waals surface area contributed by atoms with E-state index in [1.54, 1.807) is 48.5 Å². The summed E-state index contributed by atoms with van der Waals surface area (Å²) in [6, 6.07) is 20.7. The van der Waals surface area contributed by atoms with Crippen molar-refractivity contribution in [3.63, 3.8) is 0 Å². The van der Waals surface area contributed by atoms with Crippen LogP contribution in [0.1, 0.15) is 48.8 Å². The highest BCUT2D eigenvalue weighted by Gasteiger charge is 2.85. The first-order chi connectivity index (χ1) is 21.9. The van der Waals surface area contributed by atoms with Crippen molar-refractivity contribution in [3.8, 4) is 0 Å². The van der Waals surface area contributed by atoms with Crippen molar-refractivity contribution in [3.05, 3.63) is 89.5 Å². The van der Waals surface area contributed by atoms with Gasteiger partial charge in [-0.3, -0.25) is 18.2 Å². The average molecular weight is 663 g/mol. The minimum absolute atomic E-state index is 0.0436. The molecule has 6 aliphatic rings. The second-order valence-corrected chi connectivity index (χ2v) is 17.2. The number of benzene rings is 3. The first-order valence-electron chi connectivity index (χ1n) is 16.0. The summed E-state index contributed by atoms with van der Waals surface area (Å²) in [7, 11) is -7.13. The minimum atomic E-state index is -4.25. The summed E-state index contributed by atoms with van der Waals surface area (Å²) in [5.74, 6) is -1.31. The van der Waals surface area contributed by atoms with E-state index in [2.05, 4.69) is 4.90 Å². The molecule has 2 bridgehead atoms. The first-order valence-corrected chi connectivity index (χ1v) is 18.8. The number of carbonyl (C=O) groups is 1. The van der Waals surface area contributed by atoms with Crippen LogP contribution in [-0.2, 0) is 39.3 Å². The largest absolute Gasteiger partial charge is 0.469 e. The Labute approximate surface area is 270 Å². The van der Waals surface area contributed by atoms with E-state index in [4.69, 9.17) is 8.92 Å². The normalized spacial score (nSPS) is 32.9. The number of fused-ring (bicyclic) bond motifs is 3. The van der Waals surface area contributed by atoms with Gasteiger partial charge in [-0.05, 0) is 88.5 Å². The summed E-state index contributed by atoms with van der Waals surface area (Å²) < 4.78 is 71.5. The van der Waals surface area contributed by atoms with Crippen LogP contribution >= 0.6 is 0 Å². The van der Waals surface area contributed by atoms with Crippen molar-refractivity contribution in [1.29, 1.82) is 0 Å². The van der Waals surface area contributed by atoms with E-state index in [0.29, 0.717) is 25.1 Å². The highest BCUT2D eigenvalue weighted by Crippen LogP contribution is 2.77. The summed E-state index contributed by atoms with van der Waals surface area (Å²) in [5.41, 5.74) is 0.440. The molecule has 3 heterocycles. The Morgan fingerprint density at radius 1 is 0.826 bits per heavy atom. The van der Waals surface area contributed by atoms with Gasteiger partial charge in [0.25, 0.3) is 20.1 Å². The number of sulfonamides is 1. The monoisotopic (exact) mass is 662 g/mol. The molecule has 0 N–H and O–H groups in total. The summed E-state index contributed by atoms with van der Waals surface area (Å²) in [6.07, 6.45) is 1.59. The number of carbonyl (C=O) groups excluding carboxylic acids is 1. The zero-order valence-corrected chi connectivity index (χ0v) is 27.8. The molecule has 0 unspecified atom stereocenters. The van der Waals surface area contributed by atoms with Gasteiger partial charge in [-0.15, -0.1) is 0 Å². The first kappa shape index (κ1) is 30.1. The Morgan fingerprint density at radius 3 is 2.15 bits per heavy atom. The number of hydrogen-bond donors (Lipinski definition) is 0. The standard InChI is InChI=1S/C35H38N2O7S2/c1-23-9-13-25(14-10-23)45(39,40)37-29-8-5-4-7-27(29)34-18-20-36-19-6-17-33(32(34)36)21-28(31(38)43-3)35(34,37)22-30(33)44-46(41,42)26-15-11-24(2)12-16-26/h4-5,7-16,28,30,32H,6,17-22H2,1-3H3/t28-,30+,32+,33+,34-,35-/m1/s1. The van der Waals surface area contributed by atoms with Crippen LogP contribution in [0.4, 0.5) is 5.69 Å². The van der Waals surface area contributed by atoms with Crippen LogP contribution < -0.4 is 4.31 Å². The maximum Gasteiger partial charge on any atom is 0.311 e. The SMILES string of the molecule is COC(=O)[C@H]1C[C@@]23CCCN4CC[C@@]5(c6ccccc6N(S(=O)(=O)c6ccc(C)cc6)[C@]15C[C@@H]2OS(=O)(=O)c1ccc(C)cc1)[C@@H]43.